The number of rotatable bonds is 7. The van der Waals surface area contributed by atoms with Crippen LogP contribution in [0.25, 0.3) is 0 Å². The molecule has 6 nitrogen and oxygen atoms in total. The number of hydrogen-bond donors (Lipinski definition) is 2. The predicted octanol–water partition coefficient (Wildman–Crippen LogP) is 5.45. The minimum atomic E-state index is -0.525. The van der Waals surface area contributed by atoms with E-state index in [4.69, 9.17) is 10.5 Å². The number of thiophene rings is 1. The summed E-state index contributed by atoms with van der Waals surface area (Å²) in [6.07, 6.45) is 0.709. The van der Waals surface area contributed by atoms with Crippen molar-refractivity contribution in [1.29, 1.82) is 0 Å². The van der Waals surface area contributed by atoms with Crippen molar-refractivity contribution >= 4 is 28.2 Å². The zero-order valence-corrected chi connectivity index (χ0v) is 19.9. The minimum Gasteiger partial charge on any atom is -0.457 e. The molecule has 3 aromatic carbocycles. The van der Waals surface area contributed by atoms with Crippen LogP contribution in [0.1, 0.15) is 36.7 Å². The first-order valence-corrected chi connectivity index (χ1v) is 12.2. The number of nitrogens with zero attached hydrogens (tertiary/aromatic N) is 1. The van der Waals surface area contributed by atoms with Gasteiger partial charge in [-0.25, -0.2) is 0 Å². The summed E-state index contributed by atoms with van der Waals surface area (Å²) in [5, 5.41) is 3.43. The first-order valence-electron chi connectivity index (χ1n) is 11.4. The van der Waals surface area contributed by atoms with Gasteiger partial charge in [-0.1, -0.05) is 60.7 Å². The lowest BCUT2D eigenvalue weighted by Gasteiger charge is -2.27. The largest absolute Gasteiger partial charge is 0.457 e. The third-order valence-corrected chi connectivity index (χ3v) is 7.09. The van der Waals surface area contributed by atoms with Gasteiger partial charge in [0.2, 0.25) is 0 Å². The van der Waals surface area contributed by atoms with Gasteiger partial charge in [0.15, 0.2) is 0 Å². The third-order valence-electron chi connectivity index (χ3n) is 5.96. The summed E-state index contributed by atoms with van der Waals surface area (Å²) in [6, 6.07) is 26.6. The van der Waals surface area contributed by atoms with Gasteiger partial charge in [-0.2, -0.15) is 0 Å². The second-order valence-corrected chi connectivity index (χ2v) is 9.49. The summed E-state index contributed by atoms with van der Waals surface area (Å²) >= 11 is 1.42. The topological polar surface area (TPSA) is 84.7 Å². The zero-order valence-electron chi connectivity index (χ0n) is 19.1. The number of carbonyl (C=O) groups is 2. The number of para-hydroxylation sites is 2. The summed E-state index contributed by atoms with van der Waals surface area (Å²) in [6.45, 7) is 2.36. The number of anilines is 1. The molecule has 5 rings (SSSR count). The fourth-order valence-corrected chi connectivity index (χ4v) is 5.60. The molecule has 0 spiro atoms. The van der Waals surface area contributed by atoms with E-state index in [9.17, 15) is 9.59 Å². The molecule has 3 N–H and O–H groups in total. The van der Waals surface area contributed by atoms with Crippen LogP contribution in [0.2, 0.25) is 0 Å². The molecule has 1 aliphatic rings. The van der Waals surface area contributed by atoms with Gasteiger partial charge < -0.3 is 15.8 Å². The number of primary amides is 1. The van der Waals surface area contributed by atoms with Gasteiger partial charge >= 0.3 is 0 Å². The Morgan fingerprint density at radius 2 is 1.63 bits per heavy atom. The quantitative estimate of drug-likeness (QED) is 0.366. The lowest BCUT2D eigenvalue weighted by molar-refractivity contribution is 0.0999. The average Bonchev–Trinajstić information content (AvgIpc) is 3.23. The monoisotopic (exact) mass is 483 g/mol. The van der Waals surface area contributed by atoms with Crippen molar-refractivity contribution < 1.29 is 14.3 Å². The normalized spacial score (nSPS) is 13.1. The summed E-state index contributed by atoms with van der Waals surface area (Å²) in [5.41, 5.74) is 8.74. The first-order chi connectivity index (χ1) is 17.1. The number of ether oxygens (including phenoxy) is 1. The number of nitrogens with two attached hydrogens (primary N) is 1. The van der Waals surface area contributed by atoms with Gasteiger partial charge in [-0.3, -0.25) is 14.5 Å². The maximum absolute atomic E-state index is 13.3. The van der Waals surface area contributed by atoms with Crippen molar-refractivity contribution in [2.24, 2.45) is 5.73 Å². The highest BCUT2D eigenvalue weighted by atomic mass is 32.1. The van der Waals surface area contributed by atoms with Crippen molar-refractivity contribution in [2.75, 3.05) is 11.9 Å². The maximum Gasteiger partial charge on any atom is 0.260 e. The Bertz CT molecular complexity index is 1350. The summed E-state index contributed by atoms with van der Waals surface area (Å²) in [5.74, 6) is 0.199. The third kappa shape index (κ3) is 5.11. The van der Waals surface area contributed by atoms with E-state index in [0.717, 1.165) is 23.5 Å². The molecule has 0 bridgehead atoms. The highest BCUT2D eigenvalue weighted by Gasteiger charge is 2.28. The molecule has 35 heavy (non-hydrogen) atoms. The highest BCUT2D eigenvalue weighted by Crippen LogP contribution is 2.38. The van der Waals surface area contributed by atoms with E-state index in [0.29, 0.717) is 40.6 Å². The van der Waals surface area contributed by atoms with Crippen molar-refractivity contribution in [2.45, 2.75) is 19.5 Å². The van der Waals surface area contributed by atoms with E-state index in [1.807, 2.05) is 54.6 Å². The standard InChI is InChI=1S/C28H25N3O3S/c29-26(32)25-22-15-16-31(17-19-9-3-1-4-10-19)18-24(22)35-28(25)30-27(33)21-13-7-8-14-23(21)34-20-11-5-2-6-12-20/h1-14H,15-18H2,(H2,29,32)(H,30,33). The molecule has 0 unspecified atom stereocenters. The van der Waals surface area contributed by atoms with Crippen LogP contribution in [-0.4, -0.2) is 23.3 Å². The zero-order chi connectivity index (χ0) is 24.2. The smallest absolute Gasteiger partial charge is 0.260 e. The van der Waals surface area contributed by atoms with Crippen LogP contribution in [0.15, 0.2) is 84.9 Å². The highest BCUT2D eigenvalue weighted by molar-refractivity contribution is 7.17. The molecule has 0 aliphatic carbocycles. The Labute approximate surface area is 208 Å². The second-order valence-electron chi connectivity index (χ2n) is 8.38. The SMILES string of the molecule is NC(=O)c1c(NC(=O)c2ccccc2Oc2ccccc2)sc2c1CCN(Cc1ccccc1)C2. The first kappa shape index (κ1) is 22.8. The van der Waals surface area contributed by atoms with Crippen molar-refractivity contribution in [3.8, 4) is 11.5 Å². The van der Waals surface area contributed by atoms with Crippen LogP contribution in [0.5, 0.6) is 11.5 Å². The molecule has 1 aromatic heterocycles. The fraction of sp³-hybridized carbons (Fsp3) is 0.143. The molecular weight excluding hydrogens is 458 g/mol. The van der Waals surface area contributed by atoms with Crippen molar-refractivity contribution in [3.05, 3.63) is 112 Å². The molecule has 0 saturated carbocycles. The number of hydrogen-bond acceptors (Lipinski definition) is 5. The van der Waals surface area contributed by atoms with Crippen LogP contribution >= 0.6 is 11.3 Å². The average molecular weight is 484 g/mol. The number of benzene rings is 3. The van der Waals surface area contributed by atoms with Crippen molar-refractivity contribution in [1.82, 2.24) is 4.90 Å². The molecule has 7 heteroatoms. The van der Waals surface area contributed by atoms with Crippen LogP contribution in [0, 0.1) is 0 Å². The molecule has 0 atom stereocenters. The molecule has 176 valence electrons. The maximum atomic E-state index is 13.3. The molecule has 4 aromatic rings. The molecule has 1 aliphatic heterocycles. The summed E-state index contributed by atoms with van der Waals surface area (Å²) < 4.78 is 5.94. The van der Waals surface area contributed by atoms with Gasteiger partial charge in [0, 0.05) is 24.5 Å². The summed E-state index contributed by atoms with van der Waals surface area (Å²) in [4.78, 5) is 29.1. The Balaban J connectivity index is 1.38. The second kappa shape index (κ2) is 10.1. The predicted molar refractivity (Wildman–Crippen MR) is 138 cm³/mol. The van der Waals surface area contributed by atoms with Crippen LogP contribution < -0.4 is 15.8 Å². The van der Waals surface area contributed by atoms with Crippen molar-refractivity contribution in [3.63, 3.8) is 0 Å². The van der Waals surface area contributed by atoms with Crippen LogP contribution in [-0.2, 0) is 19.5 Å². The molecule has 0 radical (unpaired) electrons. The Morgan fingerprint density at radius 3 is 2.37 bits per heavy atom. The Morgan fingerprint density at radius 1 is 0.943 bits per heavy atom. The lowest BCUT2D eigenvalue weighted by Crippen LogP contribution is -2.30. The van der Waals surface area contributed by atoms with Gasteiger partial charge in [0.1, 0.15) is 16.5 Å². The fourth-order valence-electron chi connectivity index (χ4n) is 4.31. The number of carbonyl (C=O) groups excluding carboxylic acids is 2. The summed E-state index contributed by atoms with van der Waals surface area (Å²) in [7, 11) is 0. The van der Waals surface area contributed by atoms with E-state index < -0.39 is 5.91 Å². The van der Waals surface area contributed by atoms with E-state index in [-0.39, 0.29) is 5.91 Å². The van der Waals surface area contributed by atoms with Gasteiger partial charge in [0.05, 0.1) is 11.1 Å². The van der Waals surface area contributed by atoms with Gasteiger partial charge in [0.25, 0.3) is 11.8 Å². The molecule has 0 fully saturated rings. The van der Waals surface area contributed by atoms with Crippen LogP contribution in [0.4, 0.5) is 5.00 Å². The lowest BCUT2D eigenvalue weighted by atomic mass is 10.0. The van der Waals surface area contributed by atoms with E-state index in [2.05, 4.69) is 22.3 Å². The van der Waals surface area contributed by atoms with E-state index in [1.54, 1.807) is 18.2 Å². The number of fused-ring (bicyclic) bond motifs is 1. The van der Waals surface area contributed by atoms with E-state index >= 15 is 0 Å². The number of amides is 2. The number of nitrogens with one attached hydrogen (secondary N) is 1. The van der Waals surface area contributed by atoms with Crippen LogP contribution in [0.3, 0.4) is 0 Å². The minimum absolute atomic E-state index is 0.348. The Hall–Kier alpha value is -3.94. The molecule has 0 saturated heterocycles. The Kier molecular flexibility index (Phi) is 6.61. The molecule has 2 amide bonds. The van der Waals surface area contributed by atoms with Gasteiger partial charge in [-0.15, -0.1) is 11.3 Å². The van der Waals surface area contributed by atoms with E-state index in [1.165, 1.54) is 16.9 Å². The molecular formula is C28H25N3O3S. The van der Waals surface area contributed by atoms with Gasteiger partial charge in [-0.05, 0) is 41.8 Å². The molecule has 2 heterocycles.